The maximum absolute atomic E-state index is 9.38. The van der Waals surface area contributed by atoms with E-state index in [9.17, 15) is 10.5 Å². The van der Waals surface area contributed by atoms with E-state index in [2.05, 4.69) is 47.4 Å². The van der Waals surface area contributed by atoms with Gasteiger partial charge in [-0.1, -0.05) is 36.4 Å². The molecule has 0 radical (unpaired) electrons. The molecule has 2 atom stereocenters. The van der Waals surface area contributed by atoms with E-state index in [-0.39, 0.29) is 12.0 Å². The molecule has 0 bridgehead atoms. The highest BCUT2D eigenvalue weighted by Gasteiger charge is 2.39. The average molecular weight is 385 g/mol. The molecule has 5 nitrogen and oxygen atoms in total. The van der Waals surface area contributed by atoms with E-state index in [4.69, 9.17) is 5.10 Å². The Bertz CT molecular complexity index is 1440. The summed E-state index contributed by atoms with van der Waals surface area (Å²) in [7, 11) is 0. The molecule has 2 unspecified atom stereocenters. The molecule has 6 rings (SSSR count). The molecule has 1 aliphatic heterocycles. The number of aromatic nitrogens is 2. The zero-order valence-electron chi connectivity index (χ0n) is 15.9. The minimum Gasteiger partial charge on any atom is -0.317 e. The highest BCUT2D eigenvalue weighted by Crippen LogP contribution is 2.48. The molecular formula is C25H15N5. The third kappa shape index (κ3) is 2.30. The molecule has 0 spiro atoms. The fourth-order valence-corrected chi connectivity index (χ4v) is 4.59. The number of fused-ring (bicyclic) bond motifs is 5. The lowest BCUT2D eigenvalue weighted by molar-refractivity contribution is 0.731. The van der Waals surface area contributed by atoms with E-state index in [0.29, 0.717) is 11.1 Å². The summed E-state index contributed by atoms with van der Waals surface area (Å²) in [5.74, 6) is 0.860. The van der Waals surface area contributed by atoms with Crippen LogP contribution in [0.5, 0.6) is 0 Å². The molecule has 1 aliphatic carbocycles. The van der Waals surface area contributed by atoms with Crippen molar-refractivity contribution in [1.82, 2.24) is 9.61 Å². The van der Waals surface area contributed by atoms with Gasteiger partial charge in [0, 0.05) is 34.8 Å². The van der Waals surface area contributed by atoms with Crippen LogP contribution in [-0.2, 0) is 0 Å². The first-order valence-corrected chi connectivity index (χ1v) is 9.77. The van der Waals surface area contributed by atoms with Crippen LogP contribution in [0.2, 0.25) is 0 Å². The van der Waals surface area contributed by atoms with E-state index >= 15 is 0 Å². The van der Waals surface area contributed by atoms with E-state index < -0.39 is 0 Å². The highest BCUT2D eigenvalue weighted by molar-refractivity contribution is 5.86. The summed E-state index contributed by atoms with van der Waals surface area (Å²) >= 11 is 0. The third-order valence-corrected chi connectivity index (χ3v) is 5.96. The fraction of sp³-hybridized carbons (Fsp3) is 0.0800. The summed E-state index contributed by atoms with van der Waals surface area (Å²) in [5.41, 5.74) is 4.37. The molecule has 0 fully saturated rings. The second-order valence-corrected chi connectivity index (χ2v) is 7.64. The summed E-state index contributed by atoms with van der Waals surface area (Å²) < 4.78 is 1.91. The van der Waals surface area contributed by atoms with Crippen LogP contribution in [0.4, 0.5) is 11.5 Å². The van der Waals surface area contributed by atoms with E-state index in [0.717, 1.165) is 28.0 Å². The minimum absolute atomic E-state index is 0.0110. The monoisotopic (exact) mass is 385 g/mol. The molecule has 3 heterocycles. The molecule has 5 heteroatoms. The van der Waals surface area contributed by atoms with E-state index in [1.165, 1.54) is 5.39 Å². The zero-order valence-corrected chi connectivity index (χ0v) is 15.9. The van der Waals surface area contributed by atoms with Crippen LogP contribution in [0, 0.1) is 22.7 Å². The maximum Gasteiger partial charge on any atom is 0.156 e. The van der Waals surface area contributed by atoms with Crippen LogP contribution in [-0.4, -0.2) is 15.7 Å². The fourth-order valence-electron chi connectivity index (χ4n) is 4.59. The number of hydrogen-bond donors (Lipinski definition) is 0. The van der Waals surface area contributed by atoms with Crippen molar-refractivity contribution in [3.05, 3.63) is 95.7 Å². The minimum atomic E-state index is 0.0110. The number of rotatable bonds is 1. The number of allylic oxidation sites excluding steroid dienone is 2. The molecule has 2 aromatic heterocycles. The van der Waals surface area contributed by atoms with Gasteiger partial charge in [-0.15, -0.1) is 5.10 Å². The lowest BCUT2D eigenvalue weighted by Gasteiger charge is -2.26. The van der Waals surface area contributed by atoms with Crippen LogP contribution in [0.3, 0.4) is 0 Å². The zero-order chi connectivity index (χ0) is 20.2. The summed E-state index contributed by atoms with van der Waals surface area (Å²) in [6.45, 7) is 0. The quantitative estimate of drug-likeness (QED) is 0.463. The Hall–Kier alpha value is -4.35. The molecule has 0 saturated heterocycles. The Labute approximate surface area is 173 Å². The number of benzene rings is 2. The topological polar surface area (TPSA) is 68.1 Å². The predicted octanol–water partition coefficient (Wildman–Crippen LogP) is 4.98. The molecule has 2 aromatic carbocycles. The maximum atomic E-state index is 9.38. The van der Waals surface area contributed by atoms with Crippen molar-refractivity contribution >= 4 is 27.8 Å². The second-order valence-electron chi connectivity index (χ2n) is 7.64. The van der Waals surface area contributed by atoms with Gasteiger partial charge in [-0.05, 0) is 41.3 Å². The van der Waals surface area contributed by atoms with Crippen molar-refractivity contribution in [3.8, 4) is 12.1 Å². The number of hydrogen-bond acceptors (Lipinski definition) is 4. The van der Waals surface area contributed by atoms with Gasteiger partial charge >= 0.3 is 0 Å². The number of nitriles is 2. The van der Waals surface area contributed by atoms with Crippen molar-refractivity contribution in [2.75, 3.05) is 4.90 Å². The number of pyridine rings is 1. The first-order valence-electron chi connectivity index (χ1n) is 9.77. The van der Waals surface area contributed by atoms with Gasteiger partial charge in [0.15, 0.2) is 5.82 Å². The Morgan fingerprint density at radius 1 is 0.933 bits per heavy atom. The summed E-state index contributed by atoms with van der Waals surface area (Å²) in [4.78, 5) is 2.21. The lowest BCUT2D eigenvalue weighted by atomic mass is 9.88. The number of anilines is 2. The van der Waals surface area contributed by atoms with Crippen molar-refractivity contribution in [3.63, 3.8) is 0 Å². The normalized spacial score (nSPS) is 19.3. The van der Waals surface area contributed by atoms with Crippen LogP contribution in [0.15, 0.2) is 84.6 Å². The lowest BCUT2D eigenvalue weighted by Crippen LogP contribution is -2.29. The van der Waals surface area contributed by atoms with Gasteiger partial charge in [0.1, 0.15) is 0 Å². The molecule has 0 N–H and O–H groups in total. The molecule has 2 aliphatic rings. The second kappa shape index (κ2) is 6.07. The SMILES string of the molecule is N#CC1=CC2c3cc(C#N)ccc3N(c3cc4cc5ccccc5cn4n3)C2C=C1. The van der Waals surface area contributed by atoms with Crippen LogP contribution >= 0.6 is 0 Å². The van der Waals surface area contributed by atoms with E-state index in [1.807, 2.05) is 53.2 Å². The Kier molecular flexibility index (Phi) is 3.36. The van der Waals surface area contributed by atoms with Crippen molar-refractivity contribution < 1.29 is 0 Å². The van der Waals surface area contributed by atoms with Gasteiger partial charge in [0.2, 0.25) is 0 Å². The van der Waals surface area contributed by atoms with Crippen LogP contribution in [0.25, 0.3) is 16.3 Å². The number of nitrogens with zero attached hydrogens (tertiary/aromatic N) is 5. The Morgan fingerprint density at radius 2 is 1.80 bits per heavy atom. The summed E-state index contributed by atoms with van der Waals surface area (Å²) in [5, 5.41) is 25.9. The molecular weight excluding hydrogens is 370 g/mol. The van der Waals surface area contributed by atoms with Gasteiger partial charge in [-0.25, -0.2) is 4.52 Å². The average Bonchev–Trinajstić information content (AvgIpc) is 3.34. The Balaban J connectivity index is 1.55. The molecule has 0 amide bonds. The molecule has 30 heavy (non-hydrogen) atoms. The van der Waals surface area contributed by atoms with Crippen LogP contribution in [0.1, 0.15) is 17.0 Å². The largest absolute Gasteiger partial charge is 0.317 e. The van der Waals surface area contributed by atoms with Gasteiger partial charge in [0.05, 0.1) is 29.3 Å². The summed E-state index contributed by atoms with van der Waals surface area (Å²) in [6, 6.07) is 22.7. The first-order chi connectivity index (χ1) is 14.7. The molecule has 140 valence electrons. The highest BCUT2D eigenvalue weighted by atomic mass is 15.3. The van der Waals surface area contributed by atoms with Gasteiger partial charge < -0.3 is 4.90 Å². The van der Waals surface area contributed by atoms with Gasteiger partial charge in [0.25, 0.3) is 0 Å². The van der Waals surface area contributed by atoms with Crippen molar-refractivity contribution in [2.45, 2.75) is 12.0 Å². The smallest absolute Gasteiger partial charge is 0.156 e. The van der Waals surface area contributed by atoms with Gasteiger partial charge in [-0.3, -0.25) is 0 Å². The molecule has 0 saturated carbocycles. The summed E-state index contributed by atoms with van der Waals surface area (Å²) in [6.07, 6.45) is 7.98. The standard InChI is InChI=1S/C25H15N5/c26-13-16-5-7-23-21(9-16)22-10-17(14-27)6-8-24(22)30(23)25-12-20-11-18-3-1-2-4-19(18)15-29(20)28-25/h1-12,15,21,23H. The molecule has 4 aromatic rings. The van der Waals surface area contributed by atoms with Crippen LogP contribution < -0.4 is 4.90 Å². The van der Waals surface area contributed by atoms with Crippen molar-refractivity contribution in [1.29, 1.82) is 10.5 Å². The first kappa shape index (κ1) is 16.6. The van der Waals surface area contributed by atoms with Crippen molar-refractivity contribution in [2.24, 2.45) is 0 Å². The predicted molar refractivity (Wildman–Crippen MR) is 115 cm³/mol. The Morgan fingerprint density at radius 3 is 2.63 bits per heavy atom. The van der Waals surface area contributed by atoms with E-state index in [1.54, 1.807) is 0 Å². The third-order valence-electron chi connectivity index (χ3n) is 5.96. The van der Waals surface area contributed by atoms with Gasteiger partial charge in [-0.2, -0.15) is 10.5 Å².